The molecule has 0 aliphatic carbocycles. The summed E-state index contributed by atoms with van der Waals surface area (Å²) in [6.07, 6.45) is -0.0858. The third kappa shape index (κ3) is 4.04. The van der Waals surface area contributed by atoms with Crippen LogP contribution in [0.4, 0.5) is 5.69 Å². The Hall–Kier alpha value is -1.88. The molecule has 1 aromatic rings. The SMILES string of the molecule is Cc1cccc(C)c1NC(=O)CC(=O)N1CCN(C)CC1. The molecule has 1 heterocycles. The second kappa shape index (κ2) is 6.72. The number of aryl methyl sites for hydroxylation is 2. The minimum atomic E-state index is -0.240. The van der Waals surface area contributed by atoms with Crippen molar-refractivity contribution in [2.24, 2.45) is 0 Å². The molecule has 1 aliphatic rings. The van der Waals surface area contributed by atoms with Crippen molar-refractivity contribution in [3.8, 4) is 0 Å². The minimum absolute atomic E-state index is 0.0858. The second-order valence-corrected chi connectivity index (χ2v) is 5.68. The number of hydrogen-bond acceptors (Lipinski definition) is 3. The number of amides is 2. The van der Waals surface area contributed by atoms with Gasteiger partial charge < -0.3 is 15.1 Å². The molecule has 5 nitrogen and oxygen atoms in total. The third-order valence-electron chi connectivity index (χ3n) is 3.91. The quantitative estimate of drug-likeness (QED) is 0.856. The Morgan fingerprint density at radius 3 is 2.24 bits per heavy atom. The summed E-state index contributed by atoms with van der Waals surface area (Å²) in [5.74, 6) is -0.330. The van der Waals surface area contributed by atoms with Gasteiger partial charge in [-0.3, -0.25) is 9.59 Å². The molecule has 21 heavy (non-hydrogen) atoms. The van der Waals surface area contributed by atoms with Crippen molar-refractivity contribution in [2.45, 2.75) is 20.3 Å². The molecule has 2 rings (SSSR count). The van der Waals surface area contributed by atoms with Crippen LogP contribution in [0, 0.1) is 13.8 Å². The Bertz CT molecular complexity index is 514. The molecule has 0 bridgehead atoms. The average molecular weight is 289 g/mol. The maximum absolute atomic E-state index is 12.1. The van der Waals surface area contributed by atoms with Gasteiger partial charge in [-0.1, -0.05) is 18.2 Å². The van der Waals surface area contributed by atoms with E-state index in [0.717, 1.165) is 29.9 Å². The number of anilines is 1. The van der Waals surface area contributed by atoms with Crippen molar-refractivity contribution in [1.29, 1.82) is 0 Å². The van der Waals surface area contributed by atoms with Crippen LogP contribution in [0.2, 0.25) is 0 Å². The normalized spacial score (nSPS) is 15.9. The summed E-state index contributed by atoms with van der Waals surface area (Å²) in [4.78, 5) is 28.1. The van der Waals surface area contributed by atoms with Crippen molar-refractivity contribution < 1.29 is 9.59 Å². The maximum atomic E-state index is 12.1. The first-order chi connectivity index (χ1) is 9.97. The zero-order valence-electron chi connectivity index (χ0n) is 13.0. The van der Waals surface area contributed by atoms with Crippen LogP contribution in [0.3, 0.4) is 0 Å². The zero-order valence-corrected chi connectivity index (χ0v) is 13.0. The van der Waals surface area contributed by atoms with E-state index < -0.39 is 0 Å². The highest BCUT2D eigenvalue weighted by Gasteiger charge is 2.21. The lowest BCUT2D eigenvalue weighted by molar-refractivity contribution is -0.135. The molecular formula is C16H23N3O2. The highest BCUT2D eigenvalue weighted by atomic mass is 16.2. The van der Waals surface area contributed by atoms with Gasteiger partial charge in [-0.2, -0.15) is 0 Å². The third-order valence-corrected chi connectivity index (χ3v) is 3.91. The molecule has 2 amide bonds. The van der Waals surface area contributed by atoms with Gasteiger partial charge in [-0.15, -0.1) is 0 Å². The summed E-state index contributed by atoms with van der Waals surface area (Å²) in [7, 11) is 2.04. The van der Waals surface area contributed by atoms with E-state index in [9.17, 15) is 9.59 Å². The molecule has 1 aromatic carbocycles. The van der Waals surface area contributed by atoms with Gasteiger partial charge in [0.05, 0.1) is 0 Å². The van der Waals surface area contributed by atoms with Crippen LogP contribution in [0.25, 0.3) is 0 Å². The Balaban J connectivity index is 1.91. The average Bonchev–Trinajstić information content (AvgIpc) is 2.43. The van der Waals surface area contributed by atoms with Gasteiger partial charge in [0.2, 0.25) is 11.8 Å². The van der Waals surface area contributed by atoms with Crippen molar-refractivity contribution in [2.75, 3.05) is 38.5 Å². The number of hydrogen-bond donors (Lipinski definition) is 1. The van der Waals surface area contributed by atoms with Gasteiger partial charge in [0.15, 0.2) is 0 Å². The molecule has 114 valence electrons. The topological polar surface area (TPSA) is 52.7 Å². The minimum Gasteiger partial charge on any atom is -0.340 e. The van der Waals surface area contributed by atoms with E-state index in [1.807, 2.05) is 39.1 Å². The summed E-state index contributed by atoms with van der Waals surface area (Å²) in [5, 5.41) is 2.86. The number of piperazine rings is 1. The van der Waals surface area contributed by atoms with E-state index in [0.29, 0.717) is 13.1 Å². The fraction of sp³-hybridized carbons (Fsp3) is 0.500. The highest BCUT2D eigenvalue weighted by molar-refractivity contribution is 6.04. The number of likely N-dealkylation sites (N-methyl/N-ethyl adjacent to an activating group) is 1. The predicted octanol–water partition coefficient (Wildman–Crippen LogP) is 1.41. The number of para-hydroxylation sites is 1. The van der Waals surface area contributed by atoms with Crippen molar-refractivity contribution in [1.82, 2.24) is 9.80 Å². The molecule has 0 aromatic heterocycles. The van der Waals surface area contributed by atoms with Gasteiger partial charge in [-0.05, 0) is 32.0 Å². The molecule has 0 atom stereocenters. The van der Waals surface area contributed by atoms with E-state index >= 15 is 0 Å². The Morgan fingerprint density at radius 1 is 1.10 bits per heavy atom. The van der Waals surface area contributed by atoms with Gasteiger partial charge in [0, 0.05) is 31.9 Å². The lowest BCUT2D eigenvalue weighted by Crippen LogP contribution is -2.47. The molecule has 0 saturated carbocycles. The number of carbonyl (C=O) groups is 2. The first-order valence-corrected chi connectivity index (χ1v) is 7.30. The maximum Gasteiger partial charge on any atom is 0.233 e. The molecule has 1 N–H and O–H groups in total. The van der Waals surface area contributed by atoms with Gasteiger partial charge in [-0.25, -0.2) is 0 Å². The standard InChI is InChI=1S/C16H23N3O2/c1-12-5-4-6-13(2)16(12)17-14(20)11-15(21)19-9-7-18(3)8-10-19/h4-6H,7-11H2,1-3H3,(H,17,20). The molecule has 0 spiro atoms. The largest absolute Gasteiger partial charge is 0.340 e. The molecule has 0 unspecified atom stereocenters. The van der Waals surface area contributed by atoms with Gasteiger partial charge in [0.1, 0.15) is 6.42 Å². The van der Waals surface area contributed by atoms with E-state index in [1.165, 1.54) is 0 Å². The van der Waals surface area contributed by atoms with Crippen molar-refractivity contribution in [3.63, 3.8) is 0 Å². The number of nitrogens with one attached hydrogen (secondary N) is 1. The van der Waals surface area contributed by atoms with Crippen molar-refractivity contribution in [3.05, 3.63) is 29.3 Å². The fourth-order valence-electron chi connectivity index (χ4n) is 2.50. The smallest absolute Gasteiger partial charge is 0.233 e. The number of rotatable bonds is 3. The first-order valence-electron chi connectivity index (χ1n) is 7.30. The first kappa shape index (κ1) is 15.5. The monoisotopic (exact) mass is 289 g/mol. The number of nitrogens with zero attached hydrogens (tertiary/aromatic N) is 2. The van der Waals surface area contributed by atoms with Crippen LogP contribution >= 0.6 is 0 Å². The molecule has 1 fully saturated rings. The molecule has 1 aliphatic heterocycles. The molecular weight excluding hydrogens is 266 g/mol. The summed E-state index contributed by atoms with van der Waals surface area (Å²) in [6.45, 7) is 7.03. The Labute approximate surface area is 125 Å². The summed E-state index contributed by atoms with van der Waals surface area (Å²) >= 11 is 0. The van der Waals surface area contributed by atoms with Gasteiger partial charge >= 0.3 is 0 Å². The Morgan fingerprint density at radius 2 is 1.67 bits per heavy atom. The summed E-state index contributed by atoms with van der Waals surface area (Å²) in [6, 6.07) is 5.85. The van der Waals surface area contributed by atoms with Crippen LogP contribution in [-0.2, 0) is 9.59 Å². The zero-order chi connectivity index (χ0) is 15.4. The molecule has 0 radical (unpaired) electrons. The van der Waals surface area contributed by atoms with E-state index in [1.54, 1.807) is 4.90 Å². The lowest BCUT2D eigenvalue weighted by atomic mass is 10.1. The van der Waals surface area contributed by atoms with E-state index in [4.69, 9.17) is 0 Å². The molecule has 5 heteroatoms. The second-order valence-electron chi connectivity index (χ2n) is 5.68. The van der Waals surface area contributed by atoms with Crippen LogP contribution in [0.5, 0.6) is 0 Å². The van der Waals surface area contributed by atoms with Crippen LogP contribution in [0.15, 0.2) is 18.2 Å². The fourth-order valence-corrected chi connectivity index (χ4v) is 2.50. The summed E-state index contributed by atoms with van der Waals surface area (Å²) < 4.78 is 0. The van der Waals surface area contributed by atoms with Crippen LogP contribution in [0.1, 0.15) is 17.5 Å². The summed E-state index contributed by atoms with van der Waals surface area (Å²) in [5.41, 5.74) is 2.83. The highest BCUT2D eigenvalue weighted by Crippen LogP contribution is 2.19. The van der Waals surface area contributed by atoms with E-state index in [2.05, 4.69) is 10.2 Å². The van der Waals surface area contributed by atoms with E-state index in [-0.39, 0.29) is 18.2 Å². The Kier molecular flexibility index (Phi) is 4.96. The van der Waals surface area contributed by atoms with Crippen LogP contribution < -0.4 is 5.32 Å². The lowest BCUT2D eigenvalue weighted by Gasteiger charge is -2.32. The number of carbonyl (C=O) groups excluding carboxylic acids is 2. The van der Waals surface area contributed by atoms with Crippen molar-refractivity contribution >= 4 is 17.5 Å². The van der Waals surface area contributed by atoms with Gasteiger partial charge in [0.25, 0.3) is 0 Å². The van der Waals surface area contributed by atoms with Crippen LogP contribution in [-0.4, -0.2) is 54.8 Å². The number of benzene rings is 1. The predicted molar refractivity (Wildman–Crippen MR) is 83.2 cm³/mol. The molecule has 1 saturated heterocycles.